The minimum Gasteiger partial charge on any atom is -0.466 e. The van der Waals surface area contributed by atoms with Crippen molar-refractivity contribution >= 4 is 11.7 Å². The van der Waals surface area contributed by atoms with E-state index in [9.17, 15) is 4.79 Å². The molecule has 0 radical (unpaired) electrons. The molecule has 1 aromatic carbocycles. The number of nitrogens with one attached hydrogen (secondary N) is 1. The predicted molar refractivity (Wildman–Crippen MR) is 78.3 cm³/mol. The van der Waals surface area contributed by atoms with Crippen LogP contribution < -0.4 is 11.1 Å². The third kappa shape index (κ3) is 3.42. The summed E-state index contributed by atoms with van der Waals surface area (Å²) in [6, 6.07) is 8.78. The molecule has 0 spiro atoms. The number of carbonyl (C=O) groups is 1. The number of hydrogen-bond acceptors (Lipinski definition) is 4. The normalized spacial score (nSPS) is 11.4. The Kier molecular flexibility index (Phi) is 4.27. The summed E-state index contributed by atoms with van der Waals surface area (Å²) in [5.41, 5.74) is 7.56. The van der Waals surface area contributed by atoms with Crippen LogP contribution in [0.25, 0.3) is 0 Å². The molecule has 0 aliphatic rings. The Morgan fingerprint density at radius 3 is 2.52 bits per heavy atom. The van der Waals surface area contributed by atoms with Crippen molar-refractivity contribution in [3.05, 3.63) is 58.5 Å². The molecule has 6 nitrogen and oxygen atoms in total. The van der Waals surface area contributed by atoms with Gasteiger partial charge in [-0.05, 0) is 25.5 Å². The minimum atomic E-state index is -0.176. The van der Waals surface area contributed by atoms with Gasteiger partial charge in [-0.2, -0.15) is 0 Å². The molecule has 0 atom stereocenters. The van der Waals surface area contributed by atoms with Gasteiger partial charge in [0.05, 0.1) is 5.56 Å². The van der Waals surface area contributed by atoms with Crippen molar-refractivity contribution in [2.75, 3.05) is 0 Å². The SMILES string of the molecule is Cc1cc(C(=O)NCc2ccc(C(N)=NO)cc2)c(C)o1. The average Bonchev–Trinajstić information content (AvgIpc) is 2.83. The predicted octanol–water partition coefficient (Wildman–Crippen LogP) is 1.92. The largest absolute Gasteiger partial charge is 0.466 e. The lowest BCUT2D eigenvalue weighted by Gasteiger charge is -2.05. The van der Waals surface area contributed by atoms with Gasteiger partial charge in [0.15, 0.2) is 5.84 Å². The number of amides is 1. The van der Waals surface area contributed by atoms with Crippen LogP contribution in [0.3, 0.4) is 0 Å². The highest BCUT2D eigenvalue weighted by Crippen LogP contribution is 2.13. The number of carbonyl (C=O) groups excluding carboxylic acids is 1. The molecule has 0 unspecified atom stereocenters. The number of furan rings is 1. The second kappa shape index (κ2) is 6.13. The summed E-state index contributed by atoms with van der Waals surface area (Å²) in [6.07, 6.45) is 0. The quantitative estimate of drug-likeness (QED) is 0.346. The molecular formula is C15H17N3O3. The Hall–Kier alpha value is -2.76. The van der Waals surface area contributed by atoms with Gasteiger partial charge in [0.25, 0.3) is 5.91 Å². The molecule has 21 heavy (non-hydrogen) atoms. The fourth-order valence-corrected chi connectivity index (χ4v) is 1.98. The standard InChI is InChI=1S/C15H17N3O3/c1-9-7-13(10(2)21-9)15(19)17-8-11-3-5-12(6-4-11)14(16)18-20/h3-7,20H,8H2,1-2H3,(H2,16,18)(H,17,19). The second-order valence-electron chi connectivity index (χ2n) is 4.69. The fourth-order valence-electron chi connectivity index (χ4n) is 1.98. The summed E-state index contributed by atoms with van der Waals surface area (Å²) >= 11 is 0. The smallest absolute Gasteiger partial charge is 0.255 e. The van der Waals surface area contributed by atoms with Crippen LogP contribution in [-0.2, 0) is 6.54 Å². The van der Waals surface area contributed by atoms with Crippen LogP contribution in [0.5, 0.6) is 0 Å². The lowest BCUT2D eigenvalue weighted by atomic mass is 10.1. The maximum Gasteiger partial charge on any atom is 0.255 e. The zero-order valence-electron chi connectivity index (χ0n) is 11.9. The molecule has 0 saturated heterocycles. The van der Waals surface area contributed by atoms with Crippen molar-refractivity contribution in [1.29, 1.82) is 0 Å². The maximum absolute atomic E-state index is 12.0. The molecule has 1 aromatic heterocycles. The van der Waals surface area contributed by atoms with Gasteiger partial charge in [-0.1, -0.05) is 29.4 Å². The van der Waals surface area contributed by atoms with Crippen LogP contribution in [0.15, 0.2) is 39.9 Å². The van der Waals surface area contributed by atoms with Gasteiger partial charge in [0, 0.05) is 12.1 Å². The van der Waals surface area contributed by atoms with Crippen LogP contribution in [0.2, 0.25) is 0 Å². The molecule has 1 heterocycles. The van der Waals surface area contributed by atoms with Gasteiger partial charge >= 0.3 is 0 Å². The second-order valence-corrected chi connectivity index (χ2v) is 4.69. The Balaban J connectivity index is 2.00. The lowest BCUT2D eigenvalue weighted by molar-refractivity contribution is 0.0949. The third-order valence-corrected chi connectivity index (χ3v) is 3.10. The van der Waals surface area contributed by atoms with Crippen LogP contribution in [0, 0.1) is 13.8 Å². The molecule has 1 amide bonds. The number of hydrogen-bond donors (Lipinski definition) is 3. The van der Waals surface area contributed by atoms with Crippen LogP contribution >= 0.6 is 0 Å². The molecule has 0 fully saturated rings. The summed E-state index contributed by atoms with van der Waals surface area (Å²) < 4.78 is 5.33. The van der Waals surface area contributed by atoms with Crippen molar-refractivity contribution in [3.8, 4) is 0 Å². The van der Waals surface area contributed by atoms with Crippen molar-refractivity contribution in [2.45, 2.75) is 20.4 Å². The zero-order chi connectivity index (χ0) is 15.4. The van der Waals surface area contributed by atoms with Gasteiger partial charge in [-0.25, -0.2) is 0 Å². The van der Waals surface area contributed by atoms with E-state index in [1.54, 1.807) is 44.2 Å². The highest BCUT2D eigenvalue weighted by molar-refractivity contribution is 5.97. The monoisotopic (exact) mass is 287 g/mol. The fraction of sp³-hybridized carbons (Fsp3) is 0.200. The topological polar surface area (TPSA) is 101 Å². The van der Waals surface area contributed by atoms with E-state index < -0.39 is 0 Å². The van der Waals surface area contributed by atoms with Gasteiger partial charge < -0.3 is 20.7 Å². The number of aryl methyl sites for hydroxylation is 2. The number of nitrogens with zero attached hydrogens (tertiary/aromatic N) is 1. The first kappa shape index (κ1) is 14.6. The summed E-state index contributed by atoms with van der Waals surface area (Å²) in [6.45, 7) is 3.95. The summed E-state index contributed by atoms with van der Waals surface area (Å²) in [7, 11) is 0. The third-order valence-electron chi connectivity index (χ3n) is 3.10. The number of rotatable bonds is 4. The van der Waals surface area contributed by atoms with E-state index in [0.29, 0.717) is 29.2 Å². The van der Waals surface area contributed by atoms with Crippen LogP contribution in [-0.4, -0.2) is 17.0 Å². The Labute approximate surface area is 122 Å². The highest BCUT2D eigenvalue weighted by atomic mass is 16.4. The zero-order valence-corrected chi connectivity index (χ0v) is 11.9. The molecule has 0 saturated carbocycles. The van der Waals surface area contributed by atoms with Crippen LogP contribution in [0.1, 0.15) is 33.0 Å². The Morgan fingerprint density at radius 1 is 1.33 bits per heavy atom. The molecule has 0 bridgehead atoms. The van der Waals surface area contributed by atoms with E-state index >= 15 is 0 Å². The van der Waals surface area contributed by atoms with Crippen molar-refractivity contribution in [1.82, 2.24) is 5.32 Å². The summed E-state index contributed by atoms with van der Waals surface area (Å²) in [5, 5.41) is 14.3. The van der Waals surface area contributed by atoms with E-state index in [-0.39, 0.29) is 11.7 Å². The highest BCUT2D eigenvalue weighted by Gasteiger charge is 2.12. The van der Waals surface area contributed by atoms with E-state index in [0.717, 1.165) is 5.56 Å². The molecule has 110 valence electrons. The minimum absolute atomic E-state index is 0.0510. The molecule has 4 N–H and O–H groups in total. The van der Waals surface area contributed by atoms with Crippen LogP contribution in [0.4, 0.5) is 0 Å². The van der Waals surface area contributed by atoms with Crippen molar-refractivity contribution < 1.29 is 14.4 Å². The number of benzene rings is 1. The van der Waals surface area contributed by atoms with E-state index in [4.69, 9.17) is 15.4 Å². The Bertz CT molecular complexity index is 672. The first-order valence-electron chi connectivity index (χ1n) is 6.43. The van der Waals surface area contributed by atoms with E-state index in [1.807, 2.05) is 0 Å². The van der Waals surface area contributed by atoms with E-state index in [2.05, 4.69) is 10.5 Å². The molecule has 0 aliphatic heterocycles. The van der Waals surface area contributed by atoms with Gasteiger partial charge in [-0.3, -0.25) is 4.79 Å². The lowest BCUT2D eigenvalue weighted by Crippen LogP contribution is -2.23. The number of nitrogens with two attached hydrogens (primary N) is 1. The first-order valence-corrected chi connectivity index (χ1v) is 6.43. The van der Waals surface area contributed by atoms with Gasteiger partial charge in [0.2, 0.25) is 0 Å². The maximum atomic E-state index is 12.0. The molecule has 0 aliphatic carbocycles. The van der Waals surface area contributed by atoms with Crippen molar-refractivity contribution in [3.63, 3.8) is 0 Å². The molecule has 2 rings (SSSR count). The summed E-state index contributed by atoms with van der Waals surface area (Å²) in [5.74, 6) is 1.19. The number of oxime groups is 1. The van der Waals surface area contributed by atoms with Crippen molar-refractivity contribution in [2.24, 2.45) is 10.9 Å². The van der Waals surface area contributed by atoms with Gasteiger partial charge in [0.1, 0.15) is 11.5 Å². The average molecular weight is 287 g/mol. The first-order chi connectivity index (χ1) is 10.0. The van der Waals surface area contributed by atoms with Gasteiger partial charge in [-0.15, -0.1) is 0 Å². The molecule has 2 aromatic rings. The Morgan fingerprint density at radius 2 is 2.00 bits per heavy atom. The summed E-state index contributed by atoms with van der Waals surface area (Å²) in [4.78, 5) is 12.0. The molecular weight excluding hydrogens is 270 g/mol. The van der Waals surface area contributed by atoms with E-state index in [1.165, 1.54) is 0 Å². The number of amidine groups is 1. The molecule has 6 heteroatoms.